The molecule has 0 radical (unpaired) electrons. The Morgan fingerprint density at radius 1 is 1.00 bits per heavy atom. The molecule has 30 heavy (non-hydrogen) atoms. The number of amides is 2. The van der Waals surface area contributed by atoms with Crippen LogP contribution >= 0.6 is 11.6 Å². The minimum Gasteiger partial charge on any atom is -0.368 e. The monoisotopic (exact) mass is 424 g/mol. The molecule has 1 aliphatic rings. The van der Waals surface area contributed by atoms with E-state index in [1.54, 1.807) is 0 Å². The SMILES string of the molecule is O=C(NCCCC(=O)N1CCN(c2cccc(Cl)c2)CC1)c1cc2ccccc2[nH]1. The van der Waals surface area contributed by atoms with Gasteiger partial charge in [-0.2, -0.15) is 0 Å². The first-order valence-corrected chi connectivity index (χ1v) is 10.6. The molecule has 156 valence electrons. The van der Waals surface area contributed by atoms with Crippen molar-refractivity contribution in [1.29, 1.82) is 0 Å². The third kappa shape index (κ3) is 4.76. The molecule has 0 bridgehead atoms. The third-order valence-electron chi connectivity index (χ3n) is 5.43. The summed E-state index contributed by atoms with van der Waals surface area (Å²) in [5.41, 5.74) is 2.57. The summed E-state index contributed by atoms with van der Waals surface area (Å²) in [7, 11) is 0. The van der Waals surface area contributed by atoms with Gasteiger partial charge in [-0.1, -0.05) is 35.9 Å². The third-order valence-corrected chi connectivity index (χ3v) is 5.67. The molecule has 1 fully saturated rings. The van der Waals surface area contributed by atoms with E-state index in [1.165, 1.54) is 0 Å². The molecule has 7 heteroatoms. The molecule has 0 saturated carbocycles. The van der Waals surface area contributed by atoms with Gasteiger partial charge in [0, 0.05) is 60.8 Å². The molecule has 1 aromatic heterocycles. The molecule has 1 aliphatic heterocycles. The van der Waals surface area contributed by atoms with Gasteiger partial charge in [0.15, 0.2) is 0 Å². The van der Waals surface area contributed by atoms with Gasteiger partial charge in [0.1, 0.15) is 5.69 Å². The van der Waals surface area contributed by atoms with Crippen LogP contribution in [0.1, 0.15) is 23.3 Å². The molecule has 1 saturated heterocycles. The summed E-state index contributed by atoms with van der Waals surface area (Å²) < 4.78 is 0. The molecule has 0 aliphatic carbocycles. The second kappa shape index (κ2) is 9.22. The van der Waals surface area contributed by atoms with Gasteiger partial charge in [0.05, 0.1) is 0 Å². The molecule has 3 aromatic rings. The minimum atomic E-state index is -0.145. The zero-order valence-corrected chi connectivity index (χ0v) is 17.5. The van der Waals surface area contributed by atoms with E-state index < -0.39 is 0 Å². The smallest absolute Gasteiger partial charge is 0.267 e. The summed E-state index contributed by atoms with van der Waals surface area (Å²) in [6.45, 7) is 3.47. The van der Waals surface area contributed by atoms with E-state index in [0.29, 0.717) is 38.2 Å². The summed E-state index contributed by atoms with van der Waals surface area (Å²) >= 11 is 6.07. The lowest BCUT2D eigenvalue weighted by molar-refractivity contribution is -0.131. The number of piperazine rings is 1. The quantitative estimate of drug-likeness (QED) is 0.593. The number of rotatable bonds is 6. The maximum absolute atomic E-state index is 12.5. The number of carbonyl (C=O) groups excluding carboxylic acids is 2. The summed E-state index contributed by atoms with van der Waals surface area (Å²) in [5.74, 6) is -0.00519. The highest BCUT2D eigenvalue weighted by Gasteiger charge is 2.21. The van der Waals surface area contributed by atoms with Crippen molar-refractivity contribution in [2.45, 2.75) is 12.8 Å². The first-order valence-electron chi connectivity index (χ1n) is 10.2. The largest absolute Gasteiger partial charge is 0.368 e. The normalized spacial score (nSPS) is 14.2. The molecule has 0 spiro atoms. The van der Waals surface area contributed by atoms with Gasteiger partial charge in [0.2, 0.25) is 5.91 Å². The Morgan fingerprint density at radius 2 is 1.80 bits per heavy atom. The van der Waals surface area contributed by atoms with Crippen molar-refractivity contribution < 1.29 is 9.59 Å². The van der Waals surface area contributed by atoms with Crippen LogP contribution in [0.15, 0.2) is 54.6 Å². The summed E-state index contributed by atoms with van der Waals surface area (Å²) in [6.07, 6.45) is 1.06. The van der Waals surface area contributed by atoms with Crippen LogP contribution in [-0.4, -0.2) is 54.4 Å². The van der Waals surface area contributed by atoms with E-state index in [-0.39, 0.29) is 11.8 Å². The van der Waals surface area contributed by atoms with Crippen LogP contribution in [0.25, 0.3) is 10.9 Å². The van der Waals surface area contributed by atoms with Crippen molar-refractivity contribution in [2.75, 3.05) is 37.6 Å². The van der Waals surface area contributed by atoms with Crippen LogP contribution in [0.2, 0.25) is 5.02 Å². The topological polar surface area (TPSA) is 68.4 Å². The highest BCUT2D eigenvalue weighted by Crippen LogP contribution is 2.21. The Morgan fingerprint density at radius 3 is 2.57 bits per heavy atom. The molecule has 2 amide bonds. The van der Waals surface area contributed by atoms with Crippen molar-refractivity contribution in [2.24, 2.45) is 0 Å². The number of hydrogen-bond donors (Lipinski definition) is 2. The molecule has 2 aromatic carbocycles. The summed E-state index contributed by atoms with van der Waals surface area (Å²) in [4.78, 5) is 32.1. The van der Waals surface area contributed by atoms with Crippen LogP contribution < -0.4 is 10.2 Å². The number of hydrogen-bond acceptors (Lipinski definition) is 3. The fraction of sp³-hybridized carbons (Fsp3) is 0.304. The van der Waals surface area contributed by atoms with Crippen molar-refractivity contribution >= 4 is 40.0 Å². The van der Waals surface area contributed by atoms with Crippen LogP contribution in [0.3, 0.4) is 0 Å². The van der Waals surface area contributed by atoms with Gasteiger partial charge in [-0.05, 0) is 36.8 Å². The average molecular weight is 425 g/mol. The Kier molecular flexibility index (Phi) is 6.23. The Labute approximate surface area is 180 Å². The van der Waals surface area contributed by atoms with Crippen molar-refractivity contribution in [3.05, 3.63) is 65.3 Å². The maximum Gasteiger partial charge on any atom is 0.267 e. The number of H-pyrrole nitrogens is 1. The number of carbonyl (C=O) groups is 2. The van der Waals surface area contributed by atoms with Gasteiger partial charge >= 0.3 is 0 Å². The van der Waals surface area contributed by atoms with E-state index in [1.807, 2.05) is 59.5 Å². The molecular weight excluding hydrogens is 400 g/mol. The molecular formula is C23H25ClN4O2. The number of fused-ring (bicyclic) bond motifs is 1. The standard InChI is InChI=1S/C23H25ClN4O2/c24-18-6-3-7-19(16-18)27-11-13-28(14-12-27)22(29)9-4-10-25-23(30)21-15-17-5-1-2-8-20(17)26-21/h1-3,5-8,15-16,26H,4,9-14H2,(H,25,30). The average Bonchev–Trinajstić information content (AvgIpc) is 3.21. The van der Waals surface area contributed by atoms with Crippen molar-refractivity contribution in [3.63, 3.8) is 0 Å². The summed E-state index contributed by atoms with van der Waals surface area (Å²) in [5, 5.41) is 4.62. The Balaban J connectivity index is 1.18. The highest BCUT2D eigenvalue weighted by molar-refractivity contribution is 6.30. The van der Waals surface area contributed by atoms with Gasteiger partial charge in [-0.25, -0.2) is 0 Å². The molecule has 2 N–H and O–H groups in total. The molecule has 2 heterocycles. The van der Waals surface area contributed by atoms with Gasteiger partial charge in [0.25, 0.3) is 5.91 Å². The zero-order valence-electron chi connectivity index (χ0n) is 16.7. The van der Waals surface area contributed by atoms with Gasteiger partial charge in [-0.15, -0.1) is 0 Å². The minimum absolute atomic E-state index is 0.139. The van der Waals surface area contributed by atoms with E-state index in [4.69, 9.17) is 11.6 Å². The second-order valence-corrected chi connectivity index (χ2v) is 7.91. The first-order chi connectivity index (χ1) is 14.6. The van der Waals surface area contributed by atoms with Gasteiger partial charge in [-0.3, -0.25) is 9.59 Å². The fourth-order valence-corrected chi connectivity index (χ4v) is 3.96. The lowest BCUT2D eigenvalue weighted by Crippen LogP contribution is -2.48. The number of benzene rings is 2. The number of aromatic amines is 1. The van der Waals surface area contributed by atoms with Crippen molar-refractivity contribution in [1.82, 2.24) is 15.2 Å². The molecule has 4 rings (SSSR count). The highest BCUT2D eigenvalue weighted by atomic mass is 35.5. The predicted molar refractivity (Wildman–Crippen MR) is 120 cm³/mol. The maximum atomic E-state index is 12.5. The number of nitrogens with one attached hydrogen (secondary N) is 2. The van der Waals surface area contributed by atoms with Crippen LogP contribution in [0, 0.1) is 0 Å². The molecule has 0 unspecified atom stereocenters. The fourth-order valence-electron chi connectivity index (χ4n) is 3.78. The molecule has 0 atom stereocenters. The van der Waals surface area contributed by atoms with Crippen LogP contribution in [-0.2, 0) is 4.79 Å². The Bertz CT molecular complexity index is 1010. The zero-order chi connectivity index (χ0) is 20.9. The van der Waals surface area contributed by atoms with E-state index in [2.05, 4.69) is 15.2 Å². The number of aromatic nitrogens is 1. The second-order valence-electron chi connectivity index (χ2n) is 7.48. The first kappa shape index (κ1) is 20.3. The lowest BCUT2D eigenvalue weighted by Gasteiger charge is -2.36. The van der Waals surface area contributed by atoms with E-state index >= 15 is 0 Å². The van der Waals surface area contributed by atoms with Gasteiger partial charge < -0.3 is 20.1 Å². The summed E-state index contributed by atoms with van der Waals surface area (Å²) in [6, 6.07) is 17.4. The van der Waals surface area contributed by atoms with E-state index in [0.717, 1.165) is 34.7 Å². The van der Waals surface area contributed by atoms with Crippen LogP contribution in [0.5, 0.6) is 0 Å². The Hall–Kier alpha value is -2.99. The predicted octanol–water partition coefficient (Wildman–Crippen LogP) is 3.68. The van der Waals surface area contributed by atoms with Crippen molar-refractivity contribution in [3.8, 4) is 0 Å². The van der Waals surface area contributed by atoms with E-state index in [9.17, 15) is 9.59 Å². The number of nitrogens with zero attached hydrogens (tertiary/aromatic N) is 2. The number of anilines is 1. The number of halogens is 1. The lowest BCUT2D eigenvalue weighted by atomic mass is 10.2. The molecule has 6 nitrogen and oxygen atoms in total. The van der Waals surface area contributed by atoms with Crippen LogP contribution in [0.4, 0.5) is 5.69 Å². The number of para-hydroxylation sites is 1.